The summed E-state index contributed by atoms with van der Waals surface area (Å²) in [4.78, 5) is 25.1. The highest BCUT2D eigenvalue weighted by atomic mass is 32.1. The molecule has 1 aromatic heterocycles. The van der Waals surface area contributed by atoms with Gasteiger partial charge in [0.25, 0.3) is 5.91 Å². The Morgan fingerprint density at radius 3 is 2.41 bits per heavy atom. The van der Waals surface area contributed by atoms with Crippen LogP contribution < -0.4 is 5.32 Å². The molecule has 0 spiro atoms. The van der Waals surface area contributed by atoms with Gasteiger partial charge in [0, 0.05) is 0 Å². The van der Waals surface area contributed by atoms with Gasteiger partial charge in [-0.25, -0.2) is 4.79 Å². The average Bonchev–Trinajstić information content (AvgIpc) is 3.01. The van der Waals surface area contributed by atoms with Crippen LogP contribution in [0.4, 0.5) is 0 Å². The molecule has 0 radical (unpaired) electrons. The first-order chi connectivity index (χ1) is 10.5. The molecular formula is C17H19NO3S. The lowest BCUT2D eigenvalue weighted by Crippen LogP contribution is -2.51. The molecule has 22 heavy (non-hydrogen) atoms. The van der Waals surface area contributed by atoms with Gasteiger partial charge in [-0.05, 0) is 35.4 Å². The molecule has 4 nitrogen and oxygen atoms in total. The van der Waals surface area contributed by atoms with Crippen LogP contribution in [0.15, 0.2) is 41.8 Å². The van der Waals surface area contributed by atoms with Gasteiger partial charge in [-0.1, -0.05) is 44.2 Å². The number of rotatable bonds is 6. The van der Waals surface area contributed by atoms with Crippen molar-refractivity contribution in [3.8, 4) is 0 Å². The smallest absolute Gasteiger partial charge is 0.334 e. The van der Waals surface area contributed by atoms with Crippen molar-refractivity contribution in [3.05, 3.63) is 57.8 Å². The fourth-order valence-corrected chi connectivity index (χ4v) is 3.37. The Labute approximate surface area is 133 Å². The van der Waals surface area contributed by atoms with Crippen molar-refractivity contribution in [1.29, 1.82) is 0 Å². The summed E-state index contributed by atoms with van der Waals surface area (Å²) in [5.74, 6) is -1.39. The lowest BCUT2D eigenvalue weighted by molar-refractivity contribution is -0.145. The van der Waals surface area contributed by atoms with Crippen LogP contribution in [-0.4, -0.2) is 17.0 Å². The molecule has 0 aliphatic carbocycles. The van der Waals surface area contributed by atoms with Crippen LogP contribution in [0.2, 0.25) is 0 Å². The van der Waals surface area contributed by atoms with Crippen molar-refractivity contribution in [2.24, 2.45) is 0 Å². The van der Waals surface area contributed by atoms with E-state index in [9.17, 15) is 14.7 Å². The standard InChI is InChI=1S/C17H19NO3S/c1-3-12-10-11-22-14(12)15(19)18-17(4-2,16(20)21)13-8-6-5-7-9-13/h5-11H,3-4H2,1-2H3,(H,18,19)(H,20,21). The Morgan fingerprint density at radius 2 is 1.86 bits per heavy atom. The second kappa shape index (κ2) is 6.75. The van der Waals surface area contributed by atoms with Crippen molar-refractivity contribution < 1.29 is 14.7 Å². The van der Waals surface area contributed by atoms with Crippen LogP contribution in [0, 0.1) is 0 Å². The largest absolute Gasteiger partial charge is 0.479 e. The molecular weight excluding hydrogens is 298 g/mol. The highest BCUT2D eigenvalue weighted by Gasteiger charge is 2.40. The normalized spacial score (nSPS) is 13.4. The Bertz CT molecular complexity index is 666. The number of hydrogen-bond acceptors (Lipinski definition) is 3. The van der Waals surface area contributed by atoms with Gasteiger partial charge in [0.1, 0.15) is 0 Å². The van der Waals surface area contributed by atoms with Gasteiger partial charge < -0.3 is 10.4 Å². The fourth-order valence-electron chi connectivity index (χ4n) is 2.48. The molecule has 0 aliphatic rings. The molecule has 0 fully saturated rings. The van der Waals surface area contributed by atoms with Crippen LogP contribution in [0.3, 0.4) is 0 Å². The molecule has 0 saturated carbocycles. The number of nitrogens with one attached hydrogen (secondary N) is 1. The second-order valence-electron chi connectivity index (χ2n) is 5.01. The minimum atomic E-state index is -1.41. The van der Waals surface area contributed by atoms with Gasteiger partial charge >= 0.3 is 5.97 Å². The summed E-state index contributed by atoms with van der Waals surface area (Å²) in [5.41, 5.74) is 0.103. The molecule has 2 rings (SSSR count). The molecule has 1 atom stereocenters. The van der Waals surface area contributed by atoms with E-state index in [2.05, 4.69) is 5.32 Å². The third kappa shape index (κ3) is 2.90. The quantitative estimate of drug-likeness (QED) is 0.858. The van der Waals surface area contributed by atoms with Gasteiger partial charge in [0.2, 0.25) is 0 Å². The first-order valence-corrected chi connectivity index (χ1v) is 8.11. The van der Waals surface area contributed by atoms with Crippen LogP contribution in [0.5, 0.6) is 0 Å². The van der Waals surface area contributed by atoms with Gasteiger partial charge in [-0.2, -0.15) is 0 Å². The van der Waals surface area contributed by atoms with Crippen molar-refractivity contribution in [1.82, 2.24) is 5.32 Å². The summed E-state index contributed by atoms with van der Waals surface area (Å²) >= 11 is 1.34. The maximum atomic E-state index is 12.6. The SMILES string of the molecule is CCc1ccsc1C(=O)NC(CC)(C(=O)O)c1ccccc1. The summed E-state index contributed by atoms with van der Waals surface area (Å²) in [6.45, 7) is 3.73. The fraction of sp³-hybridized carbons (Fsp3) is 0.294. The molecule has 1 heterocycles. The topological polar surface area (TPSA) is 66.4 Å². The number of carboxylic acid groups (broad SMARTS) is 1. The predicted octanol–water partition coefficient (Wildman–Crippen LogP) is 3.43. The number of aryl methyl sites for hydroxylation is 1. The molecule has 116 valence electrons. The minimum Gasteiger partial charge on any atom is -0.479 e. The van der Waals surface area contributed by atoms with E-state index in [-0.39, 0.29) is 12.3 Å². The summed E-state index contributed by atoms with van der Waals surface area (Å²) < 4.78 is 0. The molecule has 1 unspecified atom stereocenters. The Hall–Kier alpha value is -2.14. The zero-order valence-corrected chi connectivity index (χ0v) is 13.4. The van der Waals surface area contributed by atoms with Gasteiger partial charge in [-0.3, -0.25) is 4.79 Å². The highest BCUT2D eigenvalue weighted by molar-refractivity contribution is 7.12. The Balaban J connectivity index is 2.40. The summed E-state index contributed by atoms with van der Waals surface area (Å²) in [6.07, 6.45) is 1.01. The molecule has 0 aliphatic heterocycles. The highest BCUT2D eigenvalue weighted by Crippen LogP contribution is 2.27. The Morgan fingerprint density at radius 1 is 1.18 bits per heavy atom. The zero-order chi connectivity index (χ0) is 16.2. The van der Waals surface area contributed by atoms with E-state index in [1.807, 2.05) is 24.4 Å². The molecule has 1 amide bonds. The first-order valence-electron chi connectivity index (χ1n) is 7.23. The number of carbonyl (C=O) groups excluding carboxylic acids is 1. The van der Waals surface area contributed by atoms with E-state index in [0.29, 0.717) is 10.4 Å². The van der Waals surface area contributed by atoms with Crippen LogP contribution in [0.25, 0.3) is 0 Å². The number of hydrogen-bond donors (Lipinski definition) is 2. The van der Waals surface area contributed by atoms with Crippen molar-refractivity contribution in [3.63, 3.8) is 0 Å². The zero-order valence-electron chi connectivity index (χ0n) is 12.6. The molecule has 0 bridgehead atoms. The van der Waals surface area contributed by atoms with E-state index in [4.69, 9.17) is 0 Å². The average molecular weight is 317 g/mol. The number of carbonyl (C=O) groups is 2. The molecule has 5 heteroatoms. The predicted molar refractivity (Wildman–Crippen MR) is 87.2 cm³/mol. The van der Waals surface area contributed by atoms with Crippen molar-refractivity contribution >= 4 is 23.2 Å². The maximum Gasteiger partial charge on any atom is 0.334 e. The molecule has 0 saturated heterocycles. The molecule has 2 N–H and O–H groups in total. The minimum absolute atomic E-state index is 0.269. The molecule has 1 aromatic carbocycles. The number of benzene rings is 1. The van der Waals surface area contributed by atoms with Gasteiger partial charge in [-0.15, -0.1) is 11.3 Å². The summed E-state index contributed by atoms with van der Waals surface area (Å²) in [5, 5.41) is 14.3. The van der Waals surface area contributed by atoms with Crippen LogP contribution in [-0.2, 0) is 16.8 Å². The lowest BCUT2D eigenvalue weighted by Gasteiger charge is -2.30. The van der Waals surface area contributed by atoms with E-state index >= 15 is 0 Å². The number of amides is 1. The first kappa shape index (κ1) is 16.2. The summed E-state index contributed by atoms with van der Waals surface area (Å²) in [6, 6.07) is 10.7. The second-order valence-corrected chi connectivity index (χ2v) is 5.93. The van der Waals surface area contributed by atoms with Crippen molar-refractivity contribution in [2.75, 3.05) is 0 Å². The van der Waals surface area contributed by atoms with E-state index in [0.717, 1.165) is 12.0 Å². The van der Waals surface area contributed by atoms with Gasteiger partial charge in [0.05, 0.1) is 4.88 Å². The third-order valence-electron chi connectivity index (χ3n) is 3.82. The summed E-state index contributed by atoms with van der Waals surface area (Å²) in [7, 11) is 0. The maximum absolute atomic E-state index is 12.6. The van der Waals surface area contributed by atoms with Crippen LogP contribution >= 0.6 is 11.3 Å². The monoisotopic (exact) mass is 317 g/mol. The van der Waals surface area contributed by atoms with Gasteiger partial charge in [0.15, 0.2) is 5.54 Å². The third-order valence-corrected chi connectivity index (χ3v) is 4.78. The number of carboxylic acids is 1. The molecule has 2 aromatic rings. The van der Waals surface area contributed by atoms with E-state index in [1.54, 1.807) is 31.2 Å². The van der Waals surface area contributed by atoms with E-state index in [1.165, 1.54) is 11.3 Å². The lowest BCUT2D eigenvalue weighted by atomic mass is 9.87. The number of aliphatic carboxylic acids is 1. The van der Waals surface area contributed by atoms with Crippen LogP contribution in [0.1, 0.15) is 41.1 Å². The Kier molecular flexibility index (Phi) is 4.98. The number of thiophene rings is 1. The van der Waals surface area contributed by atoms with E-state index < -0.39 is 11.5 Å². The van der Waals surface area contributed by atoms with Crippen molar-refractivity contribution in [2.45, 2.75) is 32.2 Å².